The lowest BCUT2D eigenvalue weighted by Crippen LogP contribution is -2.37. The van der Waals surface area contributed by atoms with Gasteiger partial charge in [0.15, 0.2) is 6.61 Å². The van der Waals surface area contributed by atoms with Crippen molar-refractivity contribution in [3.63, 3.8) is 0 Å². The fourth-order valence-electron chi connectivity index (χ4n) is 2.49. The smallest absolute Gasteiger partial charge is 0.338 e. The molecule has 0 aliphatic heterocycles. The molecule has 2 aromatic carbocycles. The van der Waals surface area contributed by atoms with Crippen LogP contribution in [0.3, 0.4) is 0 Å². The van der Waals surface area contributed by atoms with Crippen molar-refractivity contribution in [1.82, 2.24) is 5.32 Å². The maximum absolute atomic E-state index is 12.2. The van der Waals surface area contributed by atoms with Crippen molar-refractivity contribution in [3.8, 4) is 0 Å². The molecule has 2 rings (SSSR count). The number of carbonyl (C=O) groups is 4. The average Bonchev–Trinajstić information content (AvgIpc) is 2.74. The number of carbonyl (C=O) groups excluding carboxylic acids is 4. The second-order valence-corrected chi connectivity index (χ2v) is 6.34. The van der Waals surface area contributed by atoms with Crippen LogP contribution in [0.4, 0.5) is 16.2 Å². The second kappa shape index (κ2) is 9.96. The summed E-state index contributed by atoms with van der Waals surface area (Å²) in [7, 11) is 1.08. The van der Waals surface area contributed by atoms with E-state index in [1.165, 1.54) is 0 Å². The van der Waals surface area contributed by atoms with Crippen molar-refractivity contribution < 1.29 is 33.6 Å². The third-order valence-corrected chi connectivity index (χ3v) is 4.23. The van der Waals surface area contributed by atoms with Crippen LogP contribution in [0.2, 0.25) is 0 Å². The fourth-order valence-corrected chi connectivity index (χ4v) is 2.49. The Hall–Kier alpha value is -4.28. The molecule has 162 valence electrons. The van der Waals surface area contributed by atoms with Gasteiger partial charge in [0.25, 0.3) is 11.6 Å². The summed E-state index contributed by atoms with van der Waals surface area (Å²) < 4.78 is 9.27. The highest BCUT2D eigenvalue weighted by atomic mass is 16.6. The Bertz CT molecular complexity index is 1060. The third kappa shape index (κ3) is 6.10. The molecule has 11 heteroatoms. The molecule has 3 amide bonds. The number of nitrogens with zero attached hydrogens (tertiary/aromatic N) is 1. The van der Waals surface area contributed by atoms with E-state index < -0.39 is 41.1 Å². The molecule has 0 aliphatic carbocycles. The summed E-state index contributed by atoms with van der Waals surface area (Å²) in [4.78, 5) is 57.9. The van der Waals surface area contributed by atoms with Gasteiger partial charge in [0, 0.05) is 17.8 Å². The molecule has 2 N–H and O–H groups in total. The van der Waals surface area contributed by atoms with Crippen LogP contribution < -0.4 is 10.6 Å². The van der Waals surface area contributed by atoms with Crippen LogP contribution in [0, 0.1) is 24.0 Å². The van der Waals surface area contributed by atoms with Gasteiger partial charge in [0.1, 0.15) is 0 Å². The number of anilines is 1. The van der Waals surface area contributed by atoms with E-state index in [0.717, 1.165) is 36.4 Å². The number of hydrogen-bond donors (Lipinski definition) is 2. The number of imide groups is 1. The molecule has 0 bridgehead atoms. The summed E-state index contributed by atoms with van der Waals surface area (Å²) in [6.07, 6.45) is 0. The lowest BCUT2D eigenvalue weighted by molar-refractivity contribution is -0.384. The summed E-state index contributed by atoms with van der Waals surface area (Å²) in [5.41, 5.74) is 1.18. The van der Waals surface area contributed by atoms with Gasteiger partial charge < -0.3 is 14.8 Å². The van der Waals surface area contributed by atoms with Gasteiger partial charge in [-0.1, -0.05) is 12.1 Å². The summed E-state index contributed by atoms with van der Waals surface area (Å²) in [5, 5.41) is 15.5. The number of non-ortho nitro benzene ring substituents is 1. The number of nitrogens with one attached hydrogen (secondary N) is 2. The molecule has 0 radical (unpaired) electrons. The molecule has 2 aromatic rings. The Morgan fingerprint density at radius 3 is 2.29 bits per heavy atom. The first-order valence-corrected chi connectivity index (χ1v) is 8.84. The maximum atomic E-state index is 12.2. The molecule has 11 nitrogen and oxygen atoms in total. The molecule has 0 saturated heterocycles. The fraction of sp³-hybridized carbons (Fsp3) is 0.200. The van der Waals surface area contributed by atoms with Crippen LogP contribution >= 0.6 is 0 Å². The minimum absolute atomic E-state index is 0.235. The summed E-state index contributed by atoms with van der Waals surface area (Å²) in [6.45, 7) is 2.84. The van der Waals surface area contributed by atoms with Crippen molar-refractivity contribution in [2.45, 2.75) is 13.8 Å². The minimum atomic E-state index is -1.10. The number of aryl methyl sites for hydroxylation is 1. The normalized spacial score (nSPS) is 10.0. The standard InChI is InChI=1S/C20H19N3O8/c1-11-5-4-6-16(12(11)2)21-20(27)22-17(24)10-31-19(26)14-7-13(18(25)30-3)8-15(9-14)23(28)29/h4-9H,10H2,1-3H3,(H2,21,22,24,27). The van der Waals surface area contributed by atoms with Crippen LogP contribution in [0.5, 0.6) is 0 Å². The topological polar surface area (TPSA) is 154 Å². The van der Waals surface area contributed by atoms with Gasteiger partial charge in [-0.2, -0.15) is 0 Å². The molecule has 0 saturated carbocycles. The molecule has 0 aromatic heterocycles. The highest BCUT2D eigenvalue weighted by Gasteiger charge is 2.20. The van der Waals surface area contributed by atoms with Crippen LogP contribution in [0.1, 0.15) is 31.8 Å². The predicted molar refractivity (Wildman–Crippen MR) is 108 cm³/mol. The summed E-state index contributed by atoms with van der Waals surface area (Å²) in [5.74, 6) is -2.91. The van der Waals surface area contributed by atoms with Crippen molar-refractivity contribution in [3.05, 3.63) is 68.8 Å². The Morgan fingerprint density at radius 2 is 1.68 bits per heavy atom. The summed E-state index contributed by atoms with van der Waals surface area (Å²) in [6, 6.07) is 7.30. The maximum Gasteiger partial charge on any atom is 0.338 e. The van der Waals surface area contributed by atoms with E-state index in [1.807, 2.05) is 18.3 Å². The van der Waals surface area contributed by atoms with E-state index in [-0.39, 0.29) is 11.1 Å². The lowest BCUT2D eigenvalue weighted by Gasteiger charge is -2.11. The number of ether oxygens (including phenoxy) is 2. The van der Waals surface area contributed by atoms with Crippen LogP contribution in [0.15, 0.2) is 36.4 Å². The minimum Gasteiger partial charge on any atom is -0.465 e. The third-order valence-electron chi connectivity index (χ3n) is 4.23. The van der Waals surface area contributed by atoms with E-state index >= 15 is 0 Å². The Balaban J connectivity index is 2.00. The number of nitro groups is 1. The molecule has 0 atom stereocenters. The first-order chi connectivity index (χ1) is 14.6. The van der Waals surface area contributed by atoms with E-state index in [4.69, 9.17) is 4.74 Å². The number of amides is 3. The van der Waals surface area contributed by atoms with Crippen molar-refractivity contribution in [2.75, 3.05) is 19.0 Å². The molecule has 0 aliphatic rings. The molecular weight excluding hydrogens is 410 g/mol. The van der Waals surface area contributed by atoms with Crippen molar-refractivity contribution in [2.24, 2.45) is 0 Å². The molecular formula is C20H19N3O8. The molecule has 0 unspecified atom stereocenters. The first-order valence-electron chi connectivity index (χ1n) is 8.84. The van der Waals surface area contributed by atoms with Gasteiger partial charge >= 0.3 is 18.0 Å². The number of urea groups is 1. The first kappa shape index (κ1) is 23.0. The summed E-state index contributed by atoms with van der Waals surface area (Å²) >= 11 is 0. The van der Waals surface area contributed by atoms with Gasteiger partial charge in [0.2, 0.25) is 0 Å². The van der Waals surface area contributed by atoms with Gasteiger partial charge in [-0.25, -0.2) is 14.4 Å². The number of benzene rings is 2. The monoisotopic (exact) mass is 429 g/mol. The van der Waals surface area contributed by atoms with Crippen molar-refractivity contribution >= 4 is 35.3 Å². The number of rotatable bonds is 6. The van der Waals surface area contributed by atoms with Crippen LogP contribution in [-0.2, 0) is 14.3 Å². The van der Waals surface area contributed by atoms with E-state index in [1.54, 1.807) is 19.1 Å². The van der Waals surface area contributed by atoms with Gasteiger partial charge in [0.05, 0.1) is 23.2 Å². The highest BCUT2D eigenvalue weighted by Crippen LogP contribution is 2.19. The number of methoxy groups -OCH3 is 1. The zero-order chi connectivity index (χ0) is 23.1. The number of nitro benzene ring substituents is 1. The predicted octanol–water partition coefficient (Wildman–Crippen LogP) is 2.50. The molecule has 31 heavy (non-hydrogen) atoms. The largest absolute Gasteiger partial charge is 0.465 e. The van der Waals surface area contributed by atoms with Gasteiger partial charge in [-0.15, -0.1) is 0 Å². The lowest BCUT2D eigenvalue weighted by atomic mass is 10.1. The molecule has 0 fully saturated rings. The number of esters is 2. The Kier molecular flexibility index (Phi) is 7.39. The number of hydrogen-bond acceptors (Lipinski definition) is 8. The van der Waals surface area contributed by atoms with E-state index in [2.05, 4.69) is 10.1 Å². The molecule has 0 heterocycles. The zero-order valence-electron chi connectivity index (χ0n) is 16.9. The van der Waals surface area contributed by atoms with Gasteiger partial charge in [-0.3, -0.25) is 20.2 Å². The van der Waals surface area contributed by atoms with Crippen molar-refractivity contribution in [1.29, 1.82) is 0 Å². The Morgan fingerprint density at radius 1 is 1.03 bits per heavy atom. The van der Waals surface area contributed by atoms with Crippen LogP contribution in [0.25, 0.3) is 0 Å². The molecule has 0 spiro atoms. The Labute approximate surface area is 176 Å². The highest BCUT2D eigenvalue weighted by molar-refractivity contribution is 6.03. The zero-order valence-corrected chi connectivity index (χ0v) is 16.9. The SMILES string of the molecule is COC(=O)c1cc(C(=O)OCC(=O)NC(=O)Nc2cccc(C)c2C)cc([N+](=O)[O-])c1. The van der Waals surface area contributed by atoms with Gasteiger partial charge in [-0.05, 0) is 37.1 Å². The van der Waals surface area contributed by atoms with E-state index in [0.29, 0.717) is 5.69 Å². The quantitative estimate of drug-likeness (QED) is 0.403. The van der Waals surface area contributed by atoms with E-state index in [9.17, 15) is 29.3 Å². The second-order valence-electron chi connectivity index (χ2n) is 6.34. The van der Waals surface area contributed by atoms with Crippen LogP contribution in [-0.4, -0.2) is 42.5 Å². The average molecular weight is 429 g/mol.